The SMILES string of the molecule is CCOCC(=O)N1CCCCC1C(N)=S. The molecule has 0 spiro atoms. The third-order valence-corrected chi connectivity index (χ3v) is 2.85. The van der Waals surface area contributed by atoms with Gasteiger partial charge in [0.05, 0.1) is 11.0 Å². The molecule has 0 aromatic rings. The van der Waals surface area contributed by atoms with Crippen LogP contribution in [0.3, 0.4) is 0 Å². The van der Waals surface area contributed by atoms with Crippen molar-refractivity contribution in [3.63, 3.8) is 0 Å². The zero-order chi connectivity index (χ0) is 11.3. The second kappa shape index (κ2) is 6.02. The van der Waals surface area contributed by atoms with Gasteiger partial charge in [-0.3, -0.25) is 4.79 Å². The summed E-state index contributed by atoms with van der Waals surface area (Å²) in [7, 11) is 0. The summed E-state index contributed by atoms with van der Waals surface area (Å²) in [5, 5.41) is 0. The van der Waals surface area contributed by atoms with Crippen molar-refractivity contribution in [3.8, 4) is 0 Å². The number of piperidine rings is 1. The third kappa shape index (κ3) is 3.43. The van der Waals surface area contributed by atoms with Crippen molar-refractivity contribution in [2.75, 3.05) is 19.8 Å². The van der Waals surface area contributed by atoms with Gasteiger partial charge in [-0.05, 0) is 26.2 Å². The number of ether oxygens (including phenoxy) is 1. The van der Waals surface area contributed by atoms with Gasteiger partial charge in [-0.1, -0.05) is 12.2 Å². The van der Waals surface area contributed by atoms with E-state index in [4.69, 9.17) is 22.7 Å². The summed E-state index contributed by atoms with van der Waals surface area (Å²) in [4.78, 5) is 13.9. The van der Waals surface area contributed by atoms with E-state index in [9.17, 15) is 4.79 Å². The number of rotatable bonds is 4. The van der Waals surface area contributed by atoms with Gasteiger partial charge >= 0.3 is 0 Å². The van der Waals surface area contributed by atoms with Crippen molar-refractivity contribution in [1.82, 2.24) is 4.90 Å². The molecular formula is C10H18N2O2S. The molecule has 0 aromatic heterocycles. The molecule has 1 unspecified atom stereocenters. The van der Waals surface area contributed by atoms with Gasteiger partial charge in [0, 0.05) is 13.2 Å². The maximum absolute atomic E-state index is 11.8. The first kappa shape index (κ1) is 12.4. The Bertz CT molecular complexity index is 246. The predicted octanol–water partition coefficient (Wildman–Crippen LogP) is 0.690. The molecule has 1 aliphatic rings. The standard InChI is InChI=1S/C10H18N2O2S/c1-2-14-7-9(13)12-6-4-3-5-8(12)10(11)15/h8H,2-7H2,1H3,(H2,11,15). The van der Waals surface area contributed by atoms with E-state index in [1.165, 1.54) is 0 Å². The van der Waals surface area contributed by atoms with Gasteiger partial charge in [-0.2, -0.15) is 0 Å². The number of thiocarbonyl (C=S) groups is 1. The average Bonchev–Trinajstić information content (AvgIpc) is 2.25. The minimum atomic E-state index is -0.0679. The third-order valence-electron chi connectivity index (χ3n) is 2.58. The molecule has 0 saturated carbocycles. The molecule has 1 saturated heterocycles. The average molecular weight is 230 g/mol. The van der Waals surface area contributed by atoms with Crippen LogP contribution < -0.4 is 5.73 Å². The molecule has 0 bridgehead atoms. The van der Waals surface area contributed by atoms with E-state index in [1.807, 2.05) is 6.92 Å². The fourth-order valence-electron chi connectivity index (χ4n) is 1.80. The maximum atomic E-state index is 11.8. The molecule has 1 heterocycles. The Hall–Kier alpha value is -0.680. The lowest BCUT2D eigenvalue weighted by Gasteiger charge is -2.34. The molecule has 15 heavy (non-hydrogen) atoms. The van der Waals surface area contributed by atoms with Crippen LogP contribution in [0.1, 0.15) is 26.2 Å². The van der Waals surface area contributed by atoms with Gasteiger partial charge in [0.25, 0.3) is 0 Å². The highest BCUT2D eigenvalue weighted by atomic mass is 32.1. The first-order chi connectivity index (χ1) is 7.16. The van der Waals surface area contributed by atoms with E-state index < -0.39 is 0 Å². The fraction of sp³-hybridized carbons (Fsp3) is 0.800. The minimum Gasteiger partial charge on any atom is -0.392 e. The molecule has 1 aliphatic heterocycles. The van der Waals surface area contributed by atoms with Crippen LogP contribution in [0.25, 0.3) is 0 Å². The van der Waals surface area contributed by atoms with Crippen LogP contribution in [0.5, 0.6) is 0 Å². The Kier molecular flexibility index (Phi) is 4.98. The number of hydrogen-bond acceptors (Lipinski definition) is 3. The predicted molar refractivity (Wildman–Crippen MR) is 62.6 cm³/mol. The van der Waals surface area contributed by atoms with Crippen LogP contribution in [0, 0.1) is 0 Å². The second-order valence-electron chi connectivity index (χ2n) is 3.64. The summed E-state index contributed by atoms with van der Waals surface area (Å²) in [6, 6.07) is -0.0679. The van der Waals surface area contributed by atoms with E-state index in [-0.39, 0.29) is 18.6 Å². The topological polar surface area (TPSA) is 55.6 Å². The van der Waals surface area contributed by atoms with Crippen molar-refractivity contribution in [2.24, 2.45) is 5.73 Å². The zero-order valence-corrected chi connectivity index (χ0v) is 9.89. The van der Waals surface area contributed by atoms with Gasteiger partial charge in [0.2, 0.25) is 5.91 Å². The van der Waals surface area contributed by atoms with Crippen molar-refractivity contribution in [1.29, 1.82) is 0 Å². The molecule has 1 atom stereocenters. The lowest BCUT2D eigenvalue weighted by atomic mass is 10.0. The summed E-state index contributed by atoms with van der Waals surface area (Å²) < 4.78 is 5.10. The van der Waals surface area contributed by atoms with Crippen LogP contribution in [0.15, 0.2) is 0 Å². The molecule has 86 valence electrons. The van der Waals surface area contributed by atoms with E-state index >= 15 is 0 Å². The number of carbonyl (C=O) groups is 1. The Morgan fingerprint density at radius 2 is 2.33 bits per heavy atom. The van der Waals surface area contributed by atoms with Crippen molar-refractivity contribution >= 4 is 23.1 Å². The monoisotopic (exact) mass is 230 g/mol. The number of nitrogens with zero attached hydrogens (tertiary/aromatic N) is 1. The number of carbonyl (C=O) groups excluding carboxylic acids is 1. The lowest BCUT2D eigenvalue weighted by Crippen LogP contribution is -2.50. The molecule has 1 rings (SSSR count). The largest absolute Gasteiger partial charge is 0.392 e. The molecule has 0 radical (unpaired) electrons. The fourth-order valence-corrected chi connectivity index (χ4v) is 2.04. The van der Waals surface area contributed by atoms with Gasteiger partial charge in [0.15, 0.2) is 0 Å². The van der Waals surface area contributed by atoms with Crippen LogP contribution in [-0.4, -0.2) is 41.6 Å². The van der Waals surface area contributed by atoms with Crippen molar-refractivity contribution in [2.45, 2.75) is 32.2 Å². The Morgan fingerprint density at radius 1 is 1.60 bits per heavy atom. The van der Waals surface area contributed by atoms with Gasteiger partial charge in [-0.25, -0.2) is 0 Å². The Labute approximate surface area is 95.8 Å². The van der Waals surface area contributed by atoms with Crippen molar-refractivity contribution < 1.29 is 9.53 Å². The summed E-state index contributed by atoms with van der Waals surface area (Å²) >= 11 is 4.97. The van der Waals surface area contributed by atoms with E-state index in [1.54, 1.807) is 4.90 Å². The van der Waals surface area contributed by atoms with E-state index in [2.05, 4.69) is 0 Å². The smallest absolute Gasteiger partial charge is 0.249 e. The maximum Gasteiger partial charge on any atom is 0.249 e. The van der Waals surface area contributed by atoms with Crippen LogP contribution in [0.4, 0.5) is 0 Å². The van der Waals surface area contributed by atoms with Crippen LogP contribution in [-0.2, 0) is 9.53 Å². The lowest BCUT2D eigenvalue weighted by molar-refractivity contribution is -0.138. The Morgan fingerprint density at radius 3 is 2.93 bits per heavy atom. The molecule has 5 heteroatoms. The summed E-state index contributed by atoms with van der Waals surface area (Å²) in [6.07, 6.45) is 2.99. The quantitative estimate of drug-likeness (QED) is 0.722. The van der Waals surface area contributed by atoms with Crippen LogP contribution >= 0.6 is 12.2 Å². The summed E-state index contributed by atoms with van der Waals surface area (Å²) in [5.74, 6) is -0.00523. The highest BCUT2D eigenvalue weighted by Crippen LogP contribution is 2.17. The van der Waals surface area contributed by atoms with Gasteiger partial charge in [-0.15, -0.1) is 0 Å². The van der Waals surface area contributed by atoms with E-state index in [0.29, 0.717) is 11.6 Å². The molecule has 1 fully saturated rings. The van der Waals surface area contributed by atoms with Crippen LogP contribution in [0.2, 0.25) is 0 Å². The highest BCUT2D eigenvalue weighted by molar-refractivity contribution is 7.80. The highest BCUT2D eigenvalue weighted by Gasteiger charge is 2.28. The molecule has 1 amide bonds. The second-order valence-corrected chi connectivity index (χ2v) is 4.11. The molecule has 0 aliphatic carbocycles. The molecule has 2 N–H and O–H groups in total. The molecule has 4 nitrogen and oxygen atoms in total. The Balaban J connectivity index is 2.55. The summed E-state index contributed by atoms with van der Waals surface area (Å²) in [6.45, 7) is 3.30. The van der Waals surface area contributed by atoms with Gasteiger partial charge < -0.3 is 15.4 Å². The molecular weight excluding hydrogens is 212 g/mol. The number of likely N-dealkylation sites (tertiary alicyclic amines) is 1. The van der Waals surface area contributed by atoms with Crippen molar-refractivity contribution in [3.05, 3.63) is 0 Å². The number of hydrogen-bond donors (Lipinski definition) is 1. The number of nitrogens with two attached hydrogens (primary N) is 1. The zero-order valence-electron chi connectivity index (χ0n) is 9.07. The van der Waals surface area contributed by atoms with Gasteiger partial charge in [0.1, 0.15) is 6.61 Å². The summed E-state index contributed by atoms with van der Waals surface area (Å²) in [5.41, 5.74) is 5.62. The van der Waals surface area contributed by atoms with E-state index in [0.717, 1.165) is 25.8 Å². The normalized spacial score (nSPS) is 21.4. The first-order valence-corrected chi connectivity index (χ1v) is 5.74. The first-order valence-electron chi connectivity index (χ1n) is 5.33. The molecule has 0 aromatic carbocycles. The number of amides is 1. The minimum absolute atomic E-state index is 0.00523.